The van der Waals surface area contributed by atoms with E-state index >= 15 is 0 Å². The molecule has 0 atom stereocenters. The first-order chi connectivity index (χ1) is 15.7. The van der Waals surface area contributed by atoms with Crippen molar-refractivity contribution < 1.29 is 9.53 Å². The lowest BCUT2D eigenvalue weighted by Crippen LogP contribution is -2.15. The standard InChI is InChI=1S/C21H17N9O2/c1-29-20(26-27-28-29)30-17-10-3-2-8-15(17)24-21(30)32-13-14-7-6-11-18(23-14)25-19(31)16-9-4-5-12-22-16/h2-12H,13H2,1H3,(H,23,25,31). The predicted molar refractivity (Wildman–Crippen MR) is 114 cm³/mol. The normalized spacial score (nSPS) is 10.9. The molecule has 158 valence electrons. The molecular weight excluding hydrogens is 410 g/mol. The van der Waals surface area contributed by atoms with E-state index in [0.717, 1.165) is 11.0 Å². The first-order valence-electron chi connectivity index (χ1n) is 9.70. The molecule has 0 saturated carbocycles. The third-order valence-corrected chi connectivity index (χ3v) is 4.62. The number of rotatable bonds is 6. The Morgan fingerprint density at radius 1 is 1.03 bits per heavy atom. The SMILES string of the molecule is Cn1nnnc1-n1c(OCc2cccc(NC(=O)c3ccccn3)n2)nc2ccccc21. The van der Waals surface area contributed by atoms with Crippen LogP contribution in [0.5, 0.6) is 6.01 Å². The molecule has 0 fully saturated rings. The molecule has 0 saturated heterocycles. The molecule has 0 aliphatic carbocycles. The molecule has 0 spiro atoms. The van der Waals surface area contributed by atoms with Gasteiger partial charge in [0.05, 0.1) is 16.7 Å². The summed E-state index contributed by atoms with van der Waals surface area (Å²) in [4.78, 5) is 25.4. The number of fused-ring (bicyclic) bond motifs is 1. The van der Waals surface area contributed by atoms with Crippen molar-refractivity contribution in [2.45, 2.75) is 6.61 Å². The predicted octanol–water partition coefficient (Wildman–Crippen LogP) is 2.17. The van der Waals surface area contributed by atoms with Gasteiger partial charge in [0.15, 0.2) is 0 Å². The van der Waals surface area contributed by atoms with E-state index in [4.69, 9.17) is 4.74 Å². The molecular formula is C21H17N9O2. The maximum atomic E-state index is 12.3. The maximum Gasteiger partial charge on any atom is 0.305 e. The highest BCUT2D eigenvalue weighted by Gasteiger charge is 2.18. The quantitative estimate of drug-likeness (QED) is 0.437. The molecule has 0 radical (unpaired) electrons. The number of hydrogen-bond donors (Lipinski definition) is 1. The smallest absolute Gasteiger partial charge is 0.305 e. The topological polar surface area (TPSA) is 126 Å². The molecule has 5 aromatic rings. The minimum atomic E-state index is -0.340. The second-order valence-electron chi connectivity index (χ2n) is 6.79. The highest BCUT2D eigenvalue weighted by atomic mass is 16.5. The fraction of sp³-hybridized carbons (Fsp3) is 0.0952. The number of carbonyl (C=O) groups excluding carboxylic acids is 1. The van der Waals surface area contributed by atoms with Gasteiger partial charge in [0, 0.05) is 13.2 Å². The van der Waals surface area contributed by atoms with Crippen molar-refractivity contribution in [3.05, 3.63) is 78.2 Å². The lowest BCUT2D eigenvalue weighted by molar-refractivity contribution is 0.102. The van der Waals surface area contributed by atoms with Crippen LogP contribution in [-0.4, -0.2) is 45.6 Å². The molecule has 0 aliphatic heterocycles. The molecule has 11 nitrogen and oxygen atoms in total. The van der Waals surface area contributed by atoms with E-state index in [2.05, 4.69) is 35.8 Å². The molecule has 1 N–H and O–H groups in total. The monoisotopic (exact) mass is 427 g/mol. The molecule has 0 unspecified atom stereocenters. The summed E-state index contributed by atoms with van der Waals surface area (Å²) in [7, 11) is 1.74. The molecule has 0 bridgehead atoms. The fourth-order valence-corrected chi connectivity index (χ4v) is 3.15. The number of nitrogens with zero attached hydrogens (tertiary/aromatic N) is 8. The van der Waals surface area contributed by atoms with Crippen LogP contribution >= 0.6 is 0 Å². The van der Waals surface area contributed by atoms with Gasteiger partial charge in [-0.3, -0.25) is 9.78 Å². The summed E-state index contributed by atoms with van der Waals surface area (Å²) in [5.74, 6) is 0.526. The molecule has 11 heteroatoms. The van der Waals surface area contributed by atoms with Crippen molar-refractivity contribution >= 4 is 22.8 Å². The Morgan fingerprint density at radius 2 is 1.91 bits per heavy atom. The van der Waals surface area contributed by atoms with Crippen molar-refractivity contribution in [3.63, 3.8) is 0 Å². The van der Waals surface area contributed by atoms with E-state index in [9.17, 15) is 4.79 Å². The number of benzene rings is 1. The number of aromatic nitrogens is 8. The van der Waals surface area contributed by atoms with E-state index in [1.54, 1.807) is 54.2 Å². The average Bonchev–Trinajstić information content (AvgIpc) is 3.41. The summed E-state index contributed by atoms with van der Waals surface area (Å²) in [6, 6.07) is 18.3. The Kier molecular flexibility index (Phi) is 4.96. The molecule has 4 heterocycles. The van der Waals surface area contributed by atoms with Crippen LogP contribution in [-0.2, 0) is 13.7 Å². The van der Waals surface area contributed by atoms with Gasteiger partial charge in [0.25, 0.3) is 11.9 Å². The molecule has 32 heavy (non-hydrogen) atoms. The van der Waals surface area contributed by atoms with Gasteiger partial charge in [-0.15, -0.1) is 0 Å². The van der Waals surface area contributed by atoms with Crippen molar-refractivity contribution in [2.24, 2.45) is 7.05 Å². The van der Waals surface area contributed by atoms with E-state index < -0.39 is 0 Å². The Bertz CT molecular complexity index is 1390. The third-order valence-electron chi connectivity index (χ3n) is 4.62. The number of pyridine rings is 2. The van der Waals surface area contributed by atoms with Gasteiger partial charge in [-0.25, -0.2) is 14.2 Å². The third kappa shape index (κ3) is 3.74. The van der Waals surface area contributed by atoms with Gasteiger partial charge in [-0.2, -0.15) is 4.98 Å². The summed E-state index contributed by atoms with van der Waals surface area (Å²) in [5, 5.41) is 14.4. The van der Waals surface area contributed by atoms with Crippen LogP contribution in [0.15, 0.2) is 66.9 Å². The summed E-state index contributed by atoms with van der Waals surface area (Å²) >= 11 is 0. The van der Waals surface area contributed by atoms with Gasteiger partial charge in [0.2, 0.25) is 0 Å². The number of imidazole rings is 1. The lowest BCUT2D eigenvalue weighted by Gasteiger charge is -2.09. The van der Waals surface area contributed by atoms with Gasteiger partial charge in [-0.1, -0.05) is 29.4 Å². The van der Waals surface area contributed by atoms with Crippen molar-refractivity contribution in [1.29, 1.82) is 0 Å². The van der Waals surface area contributed by atoms with Crippen LogP contribution in [0.1, 0.15) is 16.2 Å². The fourth-order valence-electron chi connectivity index (χ4n) is 3.15. The number of para-hydroxylation sites is 2. The van der Waals surface area contributed by atoms with Crippen molar-refractivity contribution in [1.82, 2.24) is 39.7 Å². The second-order valence-corrected chi connectivity index (χ2v) is 6.79. The molecule has 0 aliphatic rings. The Morgan fingerprint density at radius 3 is 2.72 bits per heavy atom. The molecule has 4 aromatic heterocycles. The van der Waals surface area contributed by atoms with Gasteiger partial charge >= 0.3 is 6.01 Å². The number of nitrogens with one attached hydrogen (secondary N) is 1. The Balaban J connectivity index is 1.38. The average molecular weight is 427 g/mol. The number of anilines is 1. The number of tetrazole rings is 1. The van der Waals surface area contributed by atoms with E-state index in [1.807, 2.05) is 24.3 Å². The first kappa shape index (κ1) is 19.3. The summed E-state index contributed by atoms with van der Waals surface area (Å²) in [6.45, 7) is 0.127. The zero-order valence-electron chi connectivity index (χ0n) is 17.0. The van der Waals surface area contributed by atoms with E-state index in [-0.39, 0.29) is 12.5 Å². The van der Waals surface area contributed by atoms with Crippen molar-refractivity contribution in [2.75, 3.05) is 5.32 Å². The minimum Gasteiger partial charge on any atom is -0.458 e. The summed E-state index contributed by atoms with van der Waals surface area (Å²) in [6.07, 6.45) is 1.56. The number of ether oxygens (including phenoxy) is 1. The first-order valence-corrected chi connectivity index (χ1v) is 9.70. The zero-order valence-corrected chi connectivity index (χ0v) is 17.0. The minimum absolute atomic E-state index is 0.127. The summed E-state index contributed by atoms with van der Waals surface area (Å²) < 4.78 is 9.26. The Hall–Kier alpha value is -4.67. The zero-order chi connectivity index (χ0) is 21.9. The van der Waals surface area contributed by atoms with Gasteiger partial charge < -0.3 is 10.1 Å². The van der Waals surface area contributed by atoms with E-state index in [0.29, 0.717) is 29.2 Å². The molecule has 1 aromatic carbocycles. The van der Waals surface area contributed by atoms with Crippen LogP contribution in [0.25, 0.3) is 17.0 Å². The van der Waals surface area contributed by atoms with Crippen LogP contribution in [0.2, 0.25) is 0 Å². The maximum absolute atomic E-state index is 12.3. The highest BCUT2D eigenvalue weighted by Crippen LogP contribution is 2.25. The van der Waals surface area contributed by atoms with Gasteiger partial charge in [0.1, 0.15) is 18.1 Å². The van der Waals surface area contributed by atoms with Crippen LogP contribution in [0, 0.1) is 0 Å². The number of aryl methyl sites for hydroxylation is 1. The number of hydrogen-bond acceptors (Lipinski definition) is 8. The summed E-state index contributed by atoms with van der Waals surface area (Å²) in [5.41, 5.74) is 2.47. The largest absolute Gasteiger partial charge is 0.458 e. The highest BCUT2D eigenvalue weighted by molar-refractivity contribution is 6.02. The molecule has 1 amide bonds. The number of amides is 1. The lowest BCUT2D eigenvalue weighted by atomic mass is 10.3. The van der Waals surface area contributed by atoms with Crippen LogP contribution in [0.3, 0.4) is 0 Å². The van der Waals surface area contributed by atoms with Gasteiger partial charge in [-0.05, 0) is 46.8 Å². The second kappa shape index (κ2) is 8.22. The van der Waals surface area contributed by atoms with Crippen molar-refractivity contribution in [3.8, 4) is 12.0 Å². The Labute approximate surface area is 181 Å². The van der Waals surface area contributed by atoms with E-state index in [1.165, 1.54) is 4.68 Å². The number of carbonyl (C=O) groups is 1. The van der Waals surface area contributed by atoms with Crippen LogP contribution < -0.4 is 10.1 Å². The molecule has 5 rings (SSSR count). The van der Waals surface area contributed by atoms with Crippen LogP contribution in [0.4, 0.5) is 5.82 Å².